The van der Waals surface area contributed by atoms with Crippen LogP contribution in [-0.2, 0) is 0 Å². The van der Waals surface area contributed by atoms with Crippen molar-refractivity contribution < 1.29 is 0 Å². The fraction of sp³-hybridized carbons (Fsp3) is 0.900. The minimum Gasteiger partial charge on any atom is -0.361 e. The van der Waals surface area contributed by atoms with E-state index in [0.717, 1.165) is 24.8 Å². The molecule has 0 bridgehead atoms. The Hall–Kier alpha value is -0.530. The number of hydrogen-bond donors (Lipinski definition) is 1. The topological polar surface area (TPSA) is 27.1 Å². The van der Waals surface area contributed by atoms with Crippen LogP contribution < -0.4 is 0 Å². The second-order valence-corrected chi connectivity index (χ2v) is 3.25. The van der Waals surface area contributed by atoms with E-state index < -0.39 is 0 Å². The molecule has 1 N–H and O–H groups in total. The lowest BCUT2D eigenvalue weighted by Crippen LogP contribution is -2.35. The van der Waals surface area contributed by atoms with Crippen molar-refractivity contribution in [2.45, 2.75) is 40.5 Å². The van der Waals surface area contributed by atoms with E-state index in [-0.39, 0.29) is 0 Å². The highest BCUT2D eigenvalue weighted by Crippen LogP contribution is 2.15. The van der Waals surface area contributed by atoms with Crippen LogP contribution in [0.2, 0.25) is 0 Å². The highest BCUT2D eigenvalue weighted by molar-refractivity contribution is 5.76. The molecule has 1 rings (SSSR count). The third kappa shape index (κ3) is 3.74. The first-order chi connectivity index (χ1) is 5.70. The molecule has 2 heteroatoms. The Morgan fingerprint density at radius 2 is 1.67 bits per heavy atom. The zero-order chi connectivity index (χ0) is 9.56. The van der Waals surface area contributed by atoms with Gasteiger partial charge in [0.25, 0.3) is 0 Å². The van der Waals surface area contributed by atoms with Crippen molar-refractivity contribution in [2.75, 3.05) is 13.1 Å². The highest BCUT2D eigenvalue weighted by atomic mass is 15.2. The molecular weight excluding hydrogens is 148 g/mol. The van der Waals surface area contributed by atoms with Crippen molar-refractivity contribution in [1.82, 2.24) is 4.90 Å². The van der Waals surface area contributed by atoms with E-state index in [0.29, 0.717) is 0 Å². The Kier molecular flexibility index (Phi) is 5.77. The average Bonchev–Trinajstić information content (AvgIpc) is 2.09. The van der Waals surface area contributed by atoms with Crippen LogP contribution in [0.25, 0.3) is 0 Å². The summed E-state index contributed by atoms with van der Waals surface area (Å²) in [5, 5.41) is 7.38. The van der Waals surface area contributed by atoms with Gasteiger partial charge in [-0.1, -0.05) is 20.8 Å². The first kappa shape index (κ1) is 11.5. The first-order valence-corrected chi connectivity index (χ1v) is 5.00. The van der Waals surface area contributed by atoms with E-state index in [9.17, 15) is 0 Å². The Morgan fingerprint density at radius 3 is 2.00 bits per heavy atom. The van der Waals surface area contributed by atoms with Gasteiger partial charge in [-0.2, -0.15) is 0 Å². The molecule has 1 fully saturated rings. The zero-order valence-electron chi connectivity index (χ0n) is 8.85. The van der Waals surface area contributed by atoms with Crippen molar-refractivity contribution >= 4 is 5.84 Å². The molecule has 1 aliphatic heterocycles. The standard InChI is InChI=1S/C8H16N2.C2H6/c1-7-3-5-10(6-4-7)8(2)9;1-2/h7,9H,3-6H2,1-2H3;1-2H3. The first-order valence-electron chi connectivity index (χ1n) is 5.00. The number of nitrogens with one attached hydrogen (secondary N) is 1. The molecule has 0 aliphatic carbocycles. The molecule has 0 unspecified atom stereocenters. The van der Waals surface area contributed by atoms with Crippen LogP contribution in [0, 0.1) is 11.3 Å². The lowest BCUT2D eigenvalue weighted by Gasteiger charge is -2.30. The van der Waals surface area contributed by atoms with E-state index in [4.69, 9.17) is 5.41 Å². The maximum Gasteiger partial charge on any atom is 0.0925 e. The molecule has 0 atom stereocenters. The van der Waals surface area contributed by atoms with Crippen LogP contribution in [0.3, 0.4) is 0 Å². The van der Waals surface area contributed by atoms with Gasteiger partial charge in [-0.25, -0.2) is 0 Å². The minimum absolute atomic E-state index is 0.729. The summed E-state index contributed by atoms with van der Waals surface area (Å²) in [5.74, 6) is 1.60. The van der Waals surface area contributed by atoms with Crippen LogP contribution in [0.1, 0.15) is 40.5 Å². The minimum atomic E-state index is 0.729. The SMILES string of the molecule is CC.CC(=N)N1CCC(C)CC1. The summed E-state index contributed by atoms with van der Waals surface area (Å²) < 4.78 is 0. The number of piperidine rings is 1. The van der Waals surface area contributed by atoms with E-state index in [1.165, 1.54) is 12.8 Å². The van der Waals surface area contributed by atoms with Gasteiger partial charge in [-0.3, -0.25) is 5.41 Å². The van der Waals surface area contributed by atoms with E-state index in [2.05, 4.69) is 11.8 Å². The predicted octanol–water partition coefficient (Wildman–Crippen LogP) is 2.74. The Balaban J connectivity index is 0.000000561. The summed E-state index contributed by atoms with van der Waals surface area (Å²) in [6, 6.07) is 0. The summed E-state index contributed by atoms with van der Waals surface area (Å²) in [7, 11) is 0. The molecular formula is C10H22N2. The second-order valence-electron chi connectivity index (χ2n) is 3.25. The largest absolute Gasteiger partial charge is 0.361 e. The molecule has 72 valence electrons. The second kappa shape index (κ2) is 6.04. The fourth-order valence-corrected chi connectivity index (χ4v) is 1.34. The normalized spacial score (nSPS) is 18.2. The van der Waals surface area contributed by atoms with Crippen LogP contribution in [-0.4, -0.2) is 23.8 Å². The van der Waals surface area contributed by atoms with Crippen molar-refractivity contribution in [3.63, 3.8) is 0 Å². The smallest absolute Gasteiger partial charge is 0.0925 e. The number of nitrogens with zero attached hydrogens (tertiary/aromatic N) is 1. The molecule has 0 aromatic heterocycles. The molecule has 1 heterocycles. The zero-order valence-corrected chi connectivity index (χ0v) is 8.85. The Morgan fingerprint density at radius 1 is 1.25 bits per heavy atom. The number of rotatable bonds is 0. The lowest BCUT2D eigenvalue weighted by molar-refractivity contribution is 0.278. The van der Waals surface area contributed by atoms with Crippen LogP contribution in [0.4, 0.5) is 0 Å². The van der Waals surface area contributed by atoms with Gasteiger partial charge in [-0.05, 0) is 25.7 Å². The molecule has 0 amide bonds. The molecule has 1 aliphatic rings. The molecule has 2 nitrogen and oxygen atoms in total. The van der Waals surface area contributed by atoms with Gasteiger partial charge in [0.2, 0.25) is 0 Å². The summed E-state index contributed by atoms with van der Waals surface area (Å²) in [5.41, 5.74) is 0. The third-order valence-electron chi connectivity index (χ3n) is 2.26. The van der Waals surface area contributed by atoms with E-state index in [1.54, 1.807) is 0 Å². The van der Waals surface area contributed by atoms with Gasteiger partial charge in [0, 0.05) is 13.1 Å². The van der Waals surface area contributed by atoms with Gasteiger partial charge in [0.15, 0.2) is 0 Å². The highest BCUT2D eigenvalue weighted by Gasteiger charge is 2.14. The summed E-state index contributed by atoms with van der Waals surface area (Å²) in [6.07, 6.45) is 2.52. The average molecular weight is 170 g/mol. The summed E-state index contributed by atoms with van der Waals surface area (Å²) in [4.78, 5) is 2.15. The number of likely N-dealkylation sites (tertiary alicyclic amines) is 1. The van der Waals surface area contributed by atoms with Crippen LogP contribution in [0.15, 0.2) is 0 Å². The van der Waals surface area contributed by atoms with Crippen LogP contribution in [0.5, 0.6) is 0 Å². The van der Waals surface area contributed by atoms with E-state index >= 15 is 0 Å². The van der Waals surface area contributed by atoms with Crippen molar-refractivity contribution in [2.24, 2.45) is 5.92 Å². The monoisotopic (exact) mass is 170 g/mol. The Labute approximate surface area is 76.5 Å². The maximum atomic E-state index is 7.38. The fourth-order valence-electron chi connectivity index (χ4n) is 1.34. The molecule has 12 heavy (non-hydrogen) atoms. The third-order valence-corrected chi connectivity index (χ3v) is 2.26. The van der Waals surface area contributed by atoms with Crippen LogP contribution >= 0.6 is 0 Å². The molecule has 0 spiro atoms. The molecule has 0 aromatic rings. The quantitative estimate of drug-likeness (QED) is 0.439. The molecule has 0 radical (unpaired) electrons. The molecule has 0 aromatic carbocycles. The van der Waals surface area contributed by atoms with E-state index in [1.807, 2.05) is 20.8 Å². The number of hydrogen-bond acceptors (Lipinski definition) is 1. The maximum absolute atomic E-state index is 7.38. The lowest BCUT2D eigenvalue weighted by atomic mass is 9.99. The van der Waals surface area contributed by atoms with Crippen molar-refractivity contribution in [3.8, 4) is 0 Å². The number of amidine groups is 1. The van der Waals surface area contributed by atoms with Gasteiger partial charge < -0.3 is 4.90 Å². The predicted molar refractivity (Wildman–Crippen MR) is 54.7 cm³/mol. The van der Waals surface area contributed by atoms with Gasteiger partial charge >= 0.3 is 0 Å². The Bertz CT molecular complexity index is 124. The van der Waals surface area contributed by atoms with Crippen molar-refractivity contribution in [3.05, 3.63) is 0 Å². The summed E-state index contributed by atoms with van der Waals surface area (Å²) >= 11 is 0. The molecule has 1 saturated heterocycles. The van der Waals surface area contributed by atoms with Gasteiger partial charge in [0.1, 0.15) is 0 Å². The summed E-state index contributed by atoms with van der Waals surface area (Å²) in [6.45, 7) is 10.3. The van der Waals surface area contributed by atoms with Gasteiger partial charge in [0.05, 0.1) is 5.84 Å². The molecule has 0 saturated carbocycles. The van der Waals surface area contributed by atoms with Crippen molar-refractivity contribution in [1.29, 1.82) is 5.41 Å². The van der Waals surface area contributed by atoms with Gasteiger partial charge in [-0.15, -0.1) is 0 Å².